The number of halogens is 1. The Morgan fingerprint density at radius 3 is 3.06 bits per heavy atom. The highest BCUT2D eigenvalue weighted by Gasteiger charge is 2.24. The molecule has 94 valence electrons. The first-order valence-electron chi connectivity index (χ1n) is 6.05. The molecule has 0 saturated heterocycles. The molecule has 0 spiro atoms. The summed E-state index contributed by atoms with van der Waals surface area (Å²) in [5, 5.41) is 11.7. The van der Waals surface area contributed by atoms with E-state index >= 15 is 0 Å². The topological polar surface area (TPSA) is 42.4 Å². The lowest BCUT2D eigenvalue weighted by atomic mass is 9.91. The maximum atomic E-state index is 10.1. The molecule has 1 unspecified atom stereocenters. The number of fused-ring (bicyclic) bond motifs is 2. The predicted molar refractivity (Wildman–Crippen MR) is 71.2 cm³/mol. The van der Waals surface area contributed by atoms with Gasteiger partial charge >= 0.3 is 0 Å². The van der Waals surface area contributed by atoms with Crippen LogP contribution in [0.25, 0.3) is 10.9 Å². The summed E-state index contributed by atoms with van der Waals surface area (Å²) in [7, 11) is 1.66. The Kier molecular flexibility index (Phi) is 2.88. The summed E-state index contributed by atoms with van der Waals surface area (Å²) in [6, 6.07) is 5.56. The van der Waals surface area contributed by atoms with Crippen LogP contribution in [0.2, 0.25) is 5.02 Å². The van der Waals surface area contributed by atoms with E-state index in [4.69, 9.17) is 16.3 Å². The van der Waals surface area contributed by atoms with Gasteiger partial charge in [-0.15, -0.1) is 0 Å². The van der Waals surface area contributed by atoms with Gasteiger partial charge < -0.3 is 9.84 Å². The molecule has 3 rings (SSSR count). The van der Waals surface area contributed by atoms with Crippen LogP contribution in [-0.4, -0.2) is 17.2 Å². The van der Waals surface area contributed by atoms with Crippen LogP contribution >= 0.6 is 11.6 Å². The summed E-state index contributed by atoms with van der Waals surface area (Å²) in [6.45, 7) is 0. The second kappa shape index (κ2) is 4.41. The highest BCUT2D eigenvalue weighted by atomic mass is 35.5. The molecule has 4 heteroatoms. The maximum absolute atomic E-state index is 10.1. The predicted octanol–water partition coefficient (Wildman–Crippen LogP) is 3.27. The number of benzene rings is 1. The lowest BCUT2D eigenvalue weighted by Gasteiger charge is -2.23. The summed E-state index contributed by atoms with van der Waals surface area (Å²) in [5.74, 6) is 0.824. The van der Waals surface area contributed by atoms with Crippen LogP contribution in [0.1, 0.15) is 30.2 Å². The number of rotatable bonds is 1. The number of hydrogen-bond acceptors (Lipinski definition) is 3. The van der Waals surface area contributed by atoms with Crippen LogP contribution < -0.4 is 4.74 Å². The van der Waals surface area contributed by atoms with E-state index < -0.39 is 6.10 Å². The van der Waals surface area contributed by atoms with Crippen LogP contribution in [0, 0.1) is 0 Å². The fraction of sp³-hybridized carbons (Fsp3) is 0.357. The second-order valence-electron chi connectivity index (χ2n) is 4.58. The Bertz CT molecular complexity index is 612. The van der Waals surface area contributed by atoms with Crippen molar-refractivity contribution in [1.29, 1.82) is 0 Å². The van der Waals surface area contributed by atoms with Crippen molar-refractivity contribution in [2.45, 2.75) is 25.4 Å². The number of ether oxygens (including phenoxy) is 1. The number of aliphatic hydroxyl groups is 1. The van der Waals surface area contributed by atoms with Gasteiger partial charge in [-0.3, -0.25) is 0 Å². The fourth-order valence-electron chi connectivity index (χ4n) is 2.62. The molecule has 18 heavy (non-hydrogen) atoms. The van der Waals surface area contributed by atoms with E-state index in [0.29, 0.717) is 5.02 Å². The van der Waals surface area contributed by atoms with E-state index in [1.807, 2.05) is 12.1 Å². The largest absolute Gasteiger partial charge is 0.496 e. The van der Waals surface area contributed by atoms with Crippen molar-refractivity contribution in [2.24, 2.45) is 0 Å². The van der Waals surface area contributed by atoms with Gasteiger partial charge in [-0.2, -0.15) is 0 Å². The molecule has 1 aromatic heterocycles. The molecule has 0 bridgehead atoms. The minimum Gasteiger partial charge on any atom is -0.496 e. The smallest absolute Gasteiger partial charge is 0.133 e. The van der Waals surface area contributed by atoms with Crippen molar-refractivity contribution in [3.8, 4) is 5.75 Å². The first kappa shape index (κ1) is 11.8. The van der Waals surface area contributed by atoms with Gasteiger partial charge in [0.25, 0.3) is 0 Å². The molecule has 1 atom stereocenters. The van der Waals surface area contributed by atoms with Crippen LogP contribution in [0.4, 0.5) is 0 Å². The van der Waals surface area contributed by atoms with Crippen molar-refractivity contribution >= 4 is 22.5 Å². The zero-order chi connectivity index (χ0) is 12.7. The van der Waals surface area contributed by atoms with Gasteiger partial charge in [-0.1, -0.05) is 11.6 Å². The lowest BCUT2D eigenvalue weighted by molar-refractivity contribution is 0.151. The first-order chi connectivity index (χ1) is 8.70. The summed E-state index contributed by atoms with van der Waals surface area (Å²) in [6.07, 6.45) is 2.13. The average Bonchev–Trinajstić information content (AvgIpc) is 2.37. The molecule has 0 amide bonds. The standard InChI is InChI=1S/C14H14ClNO2/c1-18-14-9-6-5-8(15)7-11(9)16-13-10(14)3-2-4-12(13)17/h5-7,12,17H,2-4H2,1H3. The monoisotopic (exact) mass is 263 g/mol. The van der Waals surface area contributed by atoms with Crippen molar-refractivity contribution < 1.29 is 9.84 Å². The Morgan fingerprint density at radius 1 is 1.44 bits per heavy atom. The zero-order valence-electron chi connectivity index (χ0n) is 10.1. The van der Waals surface area contributed by atoms with Gasteiger partial charge in [0.1, 0.15) is 5.75 Å². The number of aromatic nitrogens is 1. The van der Waals surface area contributed by atoms with Crippen molar-refractivity contribution in [1.82, 2.24) is 4.98 Å². The minimum absolute atomic E-state index is 0.494. The van der Waals surface area contributed by atoms with E-state index in [1.54, 1.807) is 13.2 Å². The summed E-state index contributed by atoms with van der Waals surface area (Å²) in [5.41, 5.74) is 2.55. The molecule has 2 aromatic rings. The zero-order valence-corrected chi connectivity index (χ0v) is 10.9. The third-order valence-electron chi connectivity index (χ3n) is 3.45. The molecule has 1 aliphatic rings. The minimum atomic E-state index is -0.494. The molecule has 1 heterocycles. The van der Waals surface area contributed by atoms with Gasteiger partial charge in [0, 0.05) is 16.0 Å². The van der Waals surface area contributed by atoms with E-state index in [1.165, 1.54) is 0 Å². The Morgan fingerprint density at radius 2 is 2.28 bits per heavy atom. The van der Waals surface area contributed by atoms with Crippen LogP contribution in [0.15, 0.2) is 18.2 Å². The quantitative estimate of drug-likeness (QED) is 0.859. The highest BCUT2D eigenvalue weighted by Crippen LogP contribution is 2.39. The molecular formula is C14H14ClNO2. The van der Waals surface area contributed by atoms with Crippen LogP contribution in [0.5, 0.6) is 5.75 Å². The summed E-state index contributed by atoms with van der Waals surface area (Å²) in [4.78, 5) is 4.55. The Labute approximate surface area is 110 Å². The van der Waals surface area contributed by atoms with E-state index in [2.05, 4.69) is 4.98 Å². The molecule has 1 aromatic carbocycles. The average molecular weight is 264 g/mol. The number of pyridine rings is 1. The number of aliphatic hydroxyl groups excluding tert-OH is 1. The van der Waals surface area contributed by atoms with Gasteiger partial charge in [-0.05, 0) is 37.5 Å². The lowest BCUT2D eigenvalue weighted by Crippen LogP contribution is -2.13. The highest BCUT2D eigenvalue weighted by molar-refractivity contribution is 6.31. The number of methoxy groups -OCH3 is 1. The van der Waals surface area contributed by atoms with Crippen molar-refractivity contribution in [3.63, 3.8) is 0 Å². The molecule has 1 aliphatic carbocycles. The number of nitrogens with zero attached hydrogens (tertiary/aromatic N) is 1. The molecule has 0 fully saturated rings. The normalized spacial score (nSPS) is 18.7. The molecule has 0 radical (unpaired) electrons. The first-order valence-corrected chi connectivity index (χ1v) is 6.42. The molecule has 1 N–H and O–H groups in total. The van der Waals surface area contributed by atoms with Crippen molar-refractivity contribution in [2.75, 3.05) is 7.11 Å². The third-order valence-corrected chi connectivity index (χ3v) is 3.69. The fourth-order valence-corrected chi connectivity index (χ4v) is 2.79. The van der Waals surface area contributed by atoms with E-state index in [0.717, 1.165) is 47.2 Å². The van der Waals surface area contributed by atoms with E-state index in [-0.39, 0.29) is 0 Å². The summed E-state index contributed by atoms with van der Waals surface area (Å²) >= 11 is 5.99. The van der Waals surface area contributed by atoms with Crippen LogP contribution in [0.3, 0.4) is 0 Å². The maximum Gasteiger partial charge on any atom is 0.133 e. The van der Waals surface area contributed by atoms with Gasteiger partial charge in [0.05, 0.1) is 24.4 Å². The third kappa shape index (κ3) is 1.74. The SMILES string of the molecule is COc1c2c(nc3cc(Cl)ccc13)C(O)CCC2. The second-order valence-corrected chi connectivity index (χ2v) is 5.01. The van der Waals surface area contributed by atoms with Crippen LogP contribution in [-0.2, 0) is 6.42 Å². The molecule has 3 nitrogen and oxygen atoms in total. The number of hydrogen-bond donors (Lipinski definition) is 1. The van der Waals surface area contributed by atoms with Gasteiger partial charge in [0.15, 0.2) is 0 Å². The van der Waals surface area contributed by atoms with Crippen molar-refractivity contribution in [3.05, 3.63) is 34.5 Å². The van der Waals surface area contributed by atoms with E-state index in [9.17, 15) is 5.11 Å². The van der Waals surface area contributed by atoms with Gasteiger partial charge in [0.2, 0.25) is 0 Å². The molecule has 0 aliphatic heterocycles. The molecule has 0 saturated carbocycles. The Balaban J connectivity index is 2.35. The summed E-state index contributed by atoms with van der Waals surface area (Å²) < 4.78 is 5.52. The Hall–Kier alpha value is -1.32. The van der Waals surface area contributed by atoms with Gasteiger partial charge in [-0.25, -0.2) is 4.98 Å². The molecular weight excluding hydrogens is 250 g/mol.